The maximum atomic E-state index is 12.0. The van der Waals surface area contributed by atoms with Gasteiger partial charge in [-0.15, -0.1) is 0 Å². The molecule has 0 aliphatic rings. The van der Waals surface area contributed by atoms with Gasteiger partial charge in [-0.25, -0.2) is 15.0 Å². The highest BCUT2D eigenvalue weighted by Crippen LogP contribution is 2.12. The second-order valence-electron chi connectivity index (χ2n) is 4.20. The van der Waals surface area contributed by atoms with Gasteiger partial charge < -0.3 is 5.32 Å². The lowest BCUT2D eigenvalue weighted by Gasteiger charge is -2.06. The number of aromatic nitrogens is 4. The molecule has 104 valence electrons. The SMILES string of the molecule is O=C(Nc1ccc(-n2ccnc2)nc1)c1ccnc(Cl)c1. The van der Waals surface area contributed by atoms with Gasteiger partial charge in [-0.1, -0.05) is 11.6 Å². The summed E-state index contributed by atoms with van der Waals surface area (Å²) in [5.41, 5.74) is 1.03. The monoisotopic (exact) mass is 299 g/mol. The van der Waals surface area contributed by atoms with Crippen LogP contribution in [-0.2, 0) is 0 Å². The zero-order chi connectivity index (χ0) is 14.7. The van der Waals surface area contributed by atoms with E-state index in [2.05, 4.69) is 20.3 Å². The van der Waals surface area contributed by atoms with Crippen LogP contribution in [0.1, 0.15) is 10.4 Å². The number of anilines is 1. The summed E-state index contributed by atoms with van der Waals surface area (Å²) >= 11 is 5.76. The van der Waals surface area contributed by atoms with Crippen molar-refractivity contribution in [3.63, 3.8) is 0 Å². The average molecular weight is 300 g/mol. The predicted molar refractivity (Wildman–Crippen MR) is 78.6 cm³/mol. The first-order valence-electron chi connectivity index (χ1n) is 6.10. The molecular formula is C14H10ClN5O. The number of halogens is 1. The summed E-state index contributed by atoms with van der Waals surface area (Å²) in [4.78, 5) is 24.1. The van der Waals surface area contributed by atoms with Crippen LogP contribution < -0.4 is 5.32 Å². The highest BCUT2D eigenvalue weighted by Gasteiger charge is 2.07. The molecule has 0 atom stereocenters. The third-order valence-electron chi connectivity index (χ3n) is 2.76. The summed E-state index contributed by atoms with van der Waals surface area (Å²) in [6.07, 6.45) is 8.18. The molecule has 0 saturated heterocycles. The van der Waals surface area contributed by atoms with Crippen LogP contribution in [0.3, 0.4) is 0 Å². The molecule has 3 aromatic heterocycles. The van der Waals surface area contributed by atoms with E-state index in [0.717, 1.165) is 5.82 Å². The highest BCUT2D eigenvalue weighted by molar-refractivity contribution is 6.29. The smallest absolute Gasteiger partial charge is 0.255 e. The average Bonchev–Trinajstić information content (AvgIpc) is 3.02. The van der Waals surface area contributed by atoms with Gasteiger partial charge in [0.25, 0.3) is 5.91 Å². The molecule has 3 heterocycles. The fourth-order valence-electron chi connectivity index (χ4n) is 1.75. The fraction of sp³-hybridized carbons (Fsp3) is 0. The molecule has 7 heteroatoms. The molecule has 0 unspecified atom stereocenters. The summed E-state index contributed by atoms with van der Waals surface area (Å²) in [5, 5.41) is 3.02. The van der Waals surface area contributed by atoms with Crippen molar-refractivity contribution in [1.82, 2.24) is 19.5 Å². The Morgan fingerprint density at radius 2 is 2.10 bits per heavy atom. The van der Waals surface area contributed by atoms with Crippen LogP contribution in [0.15, 0.2) is 55.4 Å². The minimum absolute atomic E-state index is 0.267. The molecule has 0 aliphatic carbocycles. The molecule has 0 radical (unpaired) electrons. The number of nitrogens with zero attached hydrogens (tertiary/aromatic N) is 4. The largest absolute Gasteiger partial charge is 0.321 e. The summed E-state index contributed by atoms with van der Waals surface area (Å²) in [5.74, 6) is 0.453. The molecule has 0 bridgehead atoms. The Morgan fingerprint density at radius 3 is 2.76 bits per heavy atom. The van der Waals surface area contributed by atoms with Gasteiger partial charge in [0.1, 0.15) is 17.3 Å². The van der Waals surface area contributed by atoms with Crippen molar-refractivity contribution in [3.8, 4) is 5.82 Å². The van der Waals surface area contributed by atoms with Gasteiger partial charge in [0, 0.05) is 24.2 Å². The van der Waals surface area contributed by atoms with E-state index >= 15 is 0 Å². The van der Waals surface area contributed by atoms with Gasteiger partial charge in [-0.3, -0.25) is 9.36 Å². The van der Waals surface area contributed by atoms with E-state index in [1.807, 2.05) is 0 Å². The van der Waals surface area contributed by atoms with Crippen molar-refractivity contribution in [2.24, 2.45) is 0 Å². The normalized spacial score (nSPS) is 10.3. The van der Waals surface area contributed by atoms with Crippen LogP contribution in [0, 0.1) is 0 Å². The number of hydrogen-bond donors (Lipinski definition) is 1. The molecule has 0 spiro atoms. The molecule has 3 rings (SSSR count). The maximum Gasteiger partial charge on any atom is 0.255 e. The molecule has 0 fully saturated rings. The van der Waals surface area contributed by atoms with E-state index in [1.165, 1.54) is 12.3 Å². The van der Waals surface area contributed by atoms with Crippen LogP contribution in [0.25, 0.3) is 5.82 Å². The number of rotatable bonds is 3. The predicted octanol–water partition coefficient (Wildman–Crippen LogP) is 2.57. The standard InChI is InChI=1S/C14H10ClN5O/c15-12-7-10(3-4-17-12)14(21)19-11-1-2-13(18-8-11)20-6-5-16-9-20/h1-9H,(H,19,21). The van der Waals surface area contributed by atoms with Gasteiger partial charge in [0.05, 0.1) is 11.9 Å². The minimum Gasteiger partial charge on any atom is -0.321 e. The molecule has 0 saturated carbocycles. The molecule has 0 aliphatic heterocycles. The van der Waals surface area contributed by atoms with Crippen molar-refractivity contribution in [2.75, 3.05) is 5.32 Å². The zero-order valence-corrected chi connectivity index (χ0v) is 11.5. The van der Waals surface area contributed by atoms with Crippen LogP contribution in [0.2, 0.25) is 5.15 Å². The minimum atomic E-state index is -0.267. The van der Waals surface area contributed by atoms with Crippen molar-refractivity contribution in [3.05, 3.63) is 66.1 Å². The summed E-state index contributed by atoms with van der Waals surface area (Å²) in [7, 11) is 0. The Hall–Kier alpha value is -2.73. The van der Waals surface area contributed by atoms with Gasteiger partial charge in [-0.05, 0) is 24.3 Å². The molecule has 0 aromatic carbocycles. The quantitative estimate of drug-likeness (QED) is 0.754. The van der Waals surface area contributed by atoms with Gasteiger partial charge in [0.2, 0.25) is 0 Å². The first kappa shape index (κ1) is 13.3. The van der Waals surface area contributed by atoms with Crippen LogP contribution in [0.4, 0.5) is 5.69 Å². The van der Waals surface area contributed by atoms with Crippen LogP contribution >= 0.6 is 11.6 Å². The van der Waals surface area contributed by atoms with E-state index in [-0.39, 0.29) is 11.1 Å². The highest BCUT2D eigenvalue weighted by atomic mass is 35.5. The molecule has 21 heavy (non-hydrogen) atoms. The number of carbonyl (C=O) groups excluding carboxylic acids is 1. The third-order valence-corrected chi connectivity index (χ3v) is 2.97. The van der Waals surface area contributed by atoms with E-state index in [1.54, 1.807) is 47.7 Å². The summed E-state index contributed by atoms with van der Waals surface area (Å²) in [6.45, 7) is 0. The van der Waals surface area contributed by atoms with E-state index < -0.39 is 0 Å². The molecule has 6 nitrogen and oxygen atoms in total. The third kappa shape index (κ3) is 3.06. The first-order chi connectivity index (χ1) is 10.2. The fourth-order valence-corrected chi connectivity index (χ4v) is 1.93. The number of hydrogen-bond acceptors (Lipinski definition) is 4. The lowest BCUT2D eigenvalue weighted by molar-refractivity contribution is 0.102. The maximum absolute atomic E-state index is 12.0. The Balaban J connectivity index is 1.75. The second-order valence-corrected chi connectivity index (χ2v) is 4.58. The second kappa shape index (κ2) is 5.72. The van der Waals surface area contributed by atoms with Gasteiger partial charge in [0.15, 0.2) is 0 Å². The van der Waals surface area contributed by atoms with E-state index in [0.29, 0.717) is 11.3 Å². The van der Waals surface area contributed by atoms with Crippen molar-refractivity contribution >= 4 is 23.2 Å². The van der Waals surface area contributed by atoms with E-state index in [9.17, 15) is 4.79 Å². The van der Waals surface area contributed by atoms with E-state index in [4.69, 9.17) is 11.6 Å². The Morgan fingerprint density at radius 1 is 1.19 bits per heavy atom. The Kier molecular flexibility index (Phi) is 3.61. The number of imidazole rings is 1. The van der Waals surface area contributed by atoms with Crippen LogP contribution in [-0.4, -0.2) is 25.4 Å². The van der Waals surface area contributed by atoms with Crippen molar-refractivity contribution in [2.45, 2.75) is 0 Å². The number of carbonyl (C=O) groups is 1. The molecule has 1 amide bonds. The van der Waals surface area contributed by atoms with Gasteiger partial charge >= 0.3 is 0 Å². The molecule has 3 aromatic rings. The number of amides is 1. The lowest BCUT2D eigenvalue weighted by atomic mass is 10.2. The topological polar surface area (TPSA) is 72.7 Å². The Bertz CT molecular complexity index is 755. The van der Waals surface area contributed by atoms with Crippen molar-refractivity contribution < 1.29 is 4.79 Å². The number of pyridine rings is 2. The van der Waals surface area contributed by atoms with Crippen LogP contribution in [0.5, 0.6) is 0 Å². The number of nitrogens with one attached hydrogen (secondary N) is 1. The molecular weight excluding hydrogens is 290 g/mol. The first-order valence-corrected chi connectivity index (χ1v) is 6.47. The zero-order valence-electron chi connectivity index (χ0n) is 10.8. The van der Waals surface area contributed by atoms with Crippen molar-refractivity contribution in [1.29, 1.82) is 0 Å². The Labute approximate surface area is 125 Å². The lowest BCUT2D eigenvalue weighted by Crippen LogP contribution is -2.12. The molecule has 1 N–H and O–H groups in total. The summed E-state index contributed by atoms with van der Waals surface area (Å²) < 4.78 is 1.77. The van der Waals surface area contributed by atoms with Gasteiger partial charge in [-0.2, -0.15) is 0 Å². The summed E-state index contributed by atoms with van der Waals surface area (Å²) in [6, 6.07) is 6.65.